The van der Waals surface area contributed by atoms with E-state index in [1.165, 1.54) is 6.07 Å². The van der Waals surface area contributed by atoms with Gasteiger partial charge >= 0.3 is 0 Å². The van der Waals surface area contributed by atoms with Gasteiger partial charge in [-0.3, -0.25) is 10.1 Å². The highest BCUT2D eigenvalue weighted by atomic mass is 19.1. The van der Waals surface area contributed by atoms with Gasteiger partial charge in [0.1, 0.15) is 17.7 Å². The number of anilines is 1. The van der Waals surface area contributed by atoms with Gasteiger partial charge in [-0.15, -0.1) is 0 Å². The number of aromatic amines is 2. The van der Waals surface area contributed by atoms with Gasteiger partial charge in [0, 0.05) is 34.5 Å². The average molecular weight is 494 g/mol. The van der Waals surface area contributed by atoms with Gasteiger partial charge in [-0.25, -0.2) is 14.4 Å². The molecular formula is C28H24FN7O. The lowest BCUT2D eigenvalue weighted by Gasteiger charge is -2.13. The van der Waals surface area contributed by atoms with Crippen LogP contribution in [0, 0.1) is 5.82 Å². The second-order valence-electron chi connectivity index (χ2n) is 8.87. The van der Waals surface area contributed by atoms with Crippen molar-refractivity contribution in [2.24, 2.45) is 0 Å². The molecule has 0 bridgehead atoms. The van der Waals surface area contributed by atoms with E-state index in [0.717, 1.165) is 34.1 Å². The summed E-state index contributed by atoms with van der Waals surface area (Å²) in [6.45, 7) is 2.02. The van der Waals surface area contributed by atoms with Crippen LogP contribution in [-0.2, 0) is 0 Å². The van der Waals surface area contributed by atoms with Crippen molar-refractivity contribution in [2.45, 2.75) is 26.0 Å². The van der Waals surface area contributed by atoms with Gasteiger partial charge in [-0.2, -0.15) is 5.10 Å². The third-order valence-electron chi connectivity index (χ3n) is 6.31. The minimum Gasteiger partial charge on any atom is -0.374 e. The summed E-state index contributed by atoms with van der Waals surface area (Å²) < 4.78 is 14.5. The first-order valence-corrected chi connectivity index (χ1v) is 12.1. The Morgan fingerprint density at radius 1 is 1.03 bits per heavy atom. The normalized spacial score (nSPS) is 12.3. The molecule has 4 heterocycles. The van der Waals surface area contributed by atoms with E-state index in [2.05, 4.69) is 35.5 Å². The largest absolute Gasteiger partial charge is 0.374 e. The van der Waals surface area contributed by atoms with Crippen LogP contribution in [0.2, 0.25) is 0 Å². The molecule has 1 atom stereocenters. The van der Waals surface area contributed by atoms with Crippen LogP contribution in [0.25, 0.3) is 55.8 Å². The number of aliphatic hydroxyl groups is 1. The summed E-state index contributed by atoms with van der Waals surface area (Å²) in [5, 5.41) is 21.7. The van der Waals surface area contributed by atoms with Crippen LogP contribution in [0.3, 0.4) is 0 Å². The van der Waals surface area contributed by atoms with Gasteiger partial charge in [-0.05, 0) is 42.3 Å². The van der Waals surface area contributed by atoms with Gasteiger partial charge in [0.25, 0.3) is 0 Å². The van der Waals surface area contributed by atoms with Crippen molar-refractivity contribution in [1.82, 2.24) is 30.1 Å². The maximum absolute atomic E-state index is 14.5. The van der Waals surface area contributed by atoms with Crippen molar-refractivity contribution >= 4 is 27.8 Å². The molecule has 0 amide bonds. The van der Waals surface area contributed by atoms with Crippen LogP contribution >= 0.6 is 0 Å². The van der Waals surface area contributed by atoms with Crippen molar-refractivity contribution < 1.29 is 9.50 Å². The molecule has 0 saturated heterocycles. The summed E-state index contributed by atoms with van der Waals surface area (Å²) in [4.78, 5) is 16.7. The molecule has 6 rings (SSSR count). The predicted octanol–water partition coefficient (Wildman–Crippen LogP) is 5.90. The quantitative estimate of drug-likeness (QED) is 0.206. The second kappa shape index (κ2) is 9.44. The molecule has 8 nitrogen and oxygen atoms in total. The maximum Gasteiger partial charge on any atom is 0.178 e. The van der Waals surface area contributed by atoms with Crippen LogP contribution < -0.4 is 5.32 Å². The van der Waals surface area contributed by atoms with Gasteiger partial charge < -0.3 is 15.4 Å². The zero-order valence-electron chi connectivity index (χ0n) is 20.0. The van der Waals surface area contributed by atoms with Gasteiger partial charge in [0.05, 0.1) is 22.9 Å². The molecule has 9 heteroatoms. The highest BCUT2D eigenvalue weighted by Crippen LogP contribution is 2.33. The predicted molar refractivity (Wildman–Crippen MR) is 142 cm³/mol. The van der Waals surface area contributed by atoms with Crippen molar-refractivity contribution in [3.8, 4) is 33.8 Å². The van der Waals surface area contributed by atoms with Crippen LogP contribution in [0.15, 0.2) is 73.2 Å². The molecule has 4 aromatic heterocycles. The highest BCUT2D eigenvalue weighted by molar-refractivity contribution is 5.97. The molecule has 37 heavy (non-hydrogen) atoms. The number of benzene rings is 2. The molecule has 0 aliphatic carbocycles. The Labute approximate surface area is 211 Å². The summed E-state index contributed by atoms with van der Waals surface area (Å²) in [6.07, 6.45) is 6.00. The fourth-order valence-electron chi connectivity index (χ4n) is 4.52. The summed E-state index contributed by atoms with van der Waals surface area (Å²) in [5.74, 6) is 0.222. The fraction of sp³-hybridized carbons (Fsp3) is 0.143. The summed E-state index contributed by atoms with van der Waals surface area (Å²) in [7, 11) is 0. The summed E-state index contributed by atoms with van der Waals surface area (Å²) >= 11 is 0. The first-order valence-electron chi connectivity index (χ1n) is 12.1. The van der Waals surface area contributed by atoms with E-state index in [1.807, 2.05) is 31.2 Å². The number of pyridine rings is 2. The number of rotatable bonds is 7. The molecule has 0 radical (unpaired) electrons. The number of nitrogens with one attached hydrogen (secondary N) is 3. The van der Waals surface area contributed by atoms with Gasteiger partial charge in [0.2, 0.25) is 0 Å². The van der Waals surface area contributed by atoms with Gasteiger partial charge in [0.15, 0.2) is 11.5 Å². The molecule has 1 unspecified atom stereocenters. The number of aliphatic hydroxyl groups excluding tert-OH is 1. The van der Waals surface area contributed by atoms with Crippen molar-refractivity contribution in [2.75, 3.05) is 5.32 Å². The highest BCUT2D eigenvalue weighted by Gasteiger charge is 2.17. The van der Waals surface area contributed by atoms with E-state index in [9.17, 15) is 9.50 Å². The molecule has 0 aliphatic rings. The molecule has 0 saturated carbocycles. The number of hydrogen-bond acceptors (Lipinski definition) is 6. The Hall–Kier alpha value is -4.63. The smallest absolute Gasteiger partial charge is 0.178 e. The molecule has 0 aliphatic heterocycles. The Morgan fingerprint density at radius 2 is 1.92 bits per heavy atom. The lowest BCUT2D eigenvalue weighted by molar-refractivity contribution is 0.192. The van der Waals surface area contributed by atoms with Crippen LogP contribution in [0.4, 0.5) is 10.1 Å². The zero-order valence-corrected chi connectivity index (χ0v) is 20.0. The van der Waals surface area contributed by atoms with E-state index in [4.69, 9.17) is 0 Å². The third kappa shape index (κ3) is 4.30. The Morgan fingerprint density at radius 3 is 2.78 bits per heavy atom. The number of imidazole rings is 1. The van der Waals surface area contributed by atoms with E-state index in [1.54, 1.807) is 42.9 Å². The van der Waals surface area contributed by atoms with E-state index in [-0.39, 0.29) is 5.82 Å². The summed E-state index contributed by atoms with van der Waals surface area (Å²) in [5.41, 5.74) is 6.35. The van der Waals surface area contributed by atoms with Crippen LogP contribution in [0.5, 0.6) is 0 Å². The lowest BCUT2D eigenvalue weighted by atomic mass is 10.0. The number of fused-ring (bicyclic) bond motifs is 2. The first kappa shape index (κ1) is 22.8. The summed E-state index contributed by atoms with van der Waals surface area (Å²) in [6, 6.07) is 16.3. The third-order valence-corrected chi connectivity index (χ3v) is 6.31. The number of hydrogen-bond donors (Lipinski definition) is 4. The number of halogens is 1. The van der Waals surface area contributed by atoms with Crippen molar-refractivity contribution in [1.29, 1.82) is 0 Å². The first-order chi connectivity index (χ1) is 18.1. The minimum atomic E-state index is -0.624. The Balaban J connectivity index is 1.41. The van der Waals surface area contributed by atoms with E-state index >= 15 is 0 Å². The standard InChI is InChI=1S/C28H24FN7O/c1-2-5-24(37)32-18-12-17(14-30-15-18)16-8-9-23-21(13-16)26(36-35-23)28-33-25-20(10-11-31-27(25)34-28)19-6-3-4-7-22(19)29/h3-4,6-15,24,32,37H,2,5H2,1H3,(H,35,36)(H,31,33,34). The fourth-order valence-corrected chi connectivity index (χ4v) is 4.52. The maximum atomic E-state index is 14.5. The van der Waals surface area contributed by atoms with Crippen molar-refractivity contribution in [3.05, 3.63) is 79.0 Å². The SMILES string of the molecule is CCCC(O)Nc1cncc(-c2ccc3[nH]nc(-c4nc5nccc(-c6ccccc6F)c5[nH]4)c3c2)c1. The molecule has 4 N–H and O–H groups in total. The number of nitrogens with zero attached hydrogens (tertiary/aromatic N) is 4. The Kier molecular flexibility index (Phi) is 5.82. The lowest BCUT2D eigenvalue weighted by Crippen LogP contribution is -2.18. The second-order valence-corrected chi connectivity index (χ2v) is 8.87. The Bertz CT molecular complexity index is 1720. The van der Waals surface area contributed by atoms with Crippen LogP contribution in [0.1, 0.15) is 19.8 Å². The topological polar surface area (TPSA) is 115 Å². The zero-order chi connectivity index (χ0) is 25.4. The minimum absolute atomic E-state index is 0.312. The number of H-pyrrole nitrogens is 2. The van der Waals surface area contributed by atoms with Crippen LogP contribution in [-0.4, -0.2) is 41.5 Å². The molecule has 2 aromatic carbocycles. The number of aromatic nitrogens is 6. The van der Waals surface area contributed by atoms with Crippen molar-refractivity contribution in [3.63, 3.8) is 0 Å². The van der Waals surface area contributed by atoms with E-state index < -0.39 is 6.23 Å². The molecule has 6 aromatic rings. The molecule has 0 spiro atoms. The van der Waals surface area contributed by atoms with E-state index in [0.29, 0.717) is 40.2 Å². The monoisotopic (exact) mass is 493 g/mol. The van der Waals surface area contributed by atoms with Gasteiger partial charge in [-0.1, -0.05) is 37.6 Å². The molecule has 184 valence electrons. The molecular weight excluding hydrogens is 469 g/mol. The molecule has 0 fully saturated rings. The average Bonchev–Trinajstić information content (AvgIpc) is 3.53.